The molecule has 24 heavy (non-hydrogen) atoms. The minimum absolute atomic E-state index is 0.0483. The van der Waals surface area contributed by atoms with Crippen LogP contribution >= 0.6 is 23.4 Å². The fourth-order valence-corrected chi connectivity index (χ4v) is 3.34. The third kappa shape index (κ3) is 2.35. The summed E-state index contributed by atoms with van der Waals surface area (Å²) in [5.41, 5.74) is 0.140. The number of aromatic nitrogens is 3. The zero-order valence-electron chi connectivity index (χ0n) is 12.5. The summed E-state index contributed by atoms with van der Waals surface area (Å²) in [4.78, 5) is 12.5. The van der Waals surface area contributed by atoms with Gasteiger partial charge in [-0.15, -0.1) is 5.10 Å². The zero-order chi connectivity index (χ0) is 17.3. The lowest BCUT2D eigenvalue weighted by atomic mass is 10.2. The van der Waals surface area contributed by atoms with Gasteiger partial charge < -0.3 is 0 Å². The van der Waals surface area contributed by atoms with Crippen molar-refractivity contribution >= 4 is 29.0 Å². The second-order valence-corrected chi connectivity index (χ2v) is 6.32. The third-order valence-corrected chi connectivity index (χ3v) is 4.56. The maximum absolute atomic E-state index is 12.5. The van der Waals surface area contributed by atoms with Crippen molar-refractivity contribution in [3.63, 3.8) is 0 Å². The molecule has 0 fully saturated rings. The van der Waals surface area contributed by atoms with Gasteiger partial charge in [0.15, 0.2) is 10.8 Å². The highest BCUT2D eigenvalue weighted by atomic mass is 35.5. The van der Waals surface area contributed by atoms with Gasteiger partial charge in [0.25, 0.3) is 5.56 Å². The van der Waals surface area contributed by atoms with Crippen LogP contribution in [0.25, 0.3) is 11.3 Å². The molecule has 0 saturated heterocycles. The molecule has 1 aromatic carbocycles. The van der Waals surface area contributed by atoms with Gasteiger partial charge in [0, 0.05) is 5.69 Å². The van der Waals surface area contributed by atoms with Crippen LogP contribution in [-0.2, 0) is 0 Å². The molecular weight excluding hydrogens is 346 g/mol. The molecule has 3 rings (SSSR count). The predicted octanol–water partition coefficient (Wildman–Crippen LogP) is 2.99. The number of thioether (sulfide) groups is 1. The van der Waals surface area contributed by atoms with Crippen molar-refractivity contribution in [2.24, 2.45) is 0 Å². The summed E-state index contributed by atoms with van der Waals surface area (Å²) in [6.45, 7) is 1.96. The van der Waals surface area contributed by atoms with Gasteiger partial charge in [-0.25, -0.2) is 0 Å². The molecule has 0 unspecified atom stereocenters. The van der Waals surface area contributed by atoms with Crippen LogP contribution in [0.15, 0.2) is 40.3 Å². The smallest absolute Gasteiger partial charge is 0.271 e. The Kier molecular flexibility index (Phi) is 4.30. The minimum Gasteiger partial charge on any atom is -0.271 e. The molecule has 2 aromatic heterocycles. The molecule has 0 aliphatic carbocycles. The second kappa shape index (κ2) is 6.40. The van der Waals surface area contributed by atoms with Crippen LogP contribution in [0.1, 0.15) is 18.1 Å². The van der Waals surface area contributed by atoms with E-state index in [1.807, 2.05) is 43.3 Å². The van der Waals surface area contributed by atoms with Crippen LogP contribution in [0.3, 0.4) is 0 Å². The number of halogens is 1. The SMILES string of the molecule is CCSc1nn2c(=O)c(C#N)c(Cl)c(C#N)c2n1-c1ccccc1. The first-order chi connectivity index (χ1) is 11.6. The first kappa shape index (κ1) is 16.1. The molecule has 0 atom stereocenters. The Balaban J connectivity index is 2.56. The lowest BCUT2D eigenvalue weighted by Gasteiger charge is -2.08. The van der Waals surface area contributed by atoms with Gasteiger partial charge in [0.05, 0.1) is 5.02 Å². The summed E-state index contributed by atoms with van der Waals surface area (Å²) in [6.07, 6.45) is 0. The number of rotatable bonds is 3. The van der Waals surface area contributed by atoms with Gasteiger partial charge in [0.2, 0.25) is 0 Å². The number of hydrogen-bond donors (Lipinski definition) is 0. The molecule has 2 heterocycles. The highest BCUT2D eigenvalue weighted by Crippen LogP contribution is 2.28. The largest absolute Gasteiger partial charge is 0.292 e. The van der Waals surface area contributed by atoms with Gasteiger partial charge in [-0.3, -0.25) is 9.36 Å². The standard InChI is InChI=1S/C16H10ClN5OS/c1-2-24-16-20-22-14(21(16)10-6-4-3-5-7-10)11(8-18)13(17)12(9-19)15(22)23/h3-7H,2H2,1H3. The predicted molar refractivity (Wildman–Crippen MR) is 91.6 cm³/mol. The van der Waals surface area contributed by atoms with Gasteiger partial charge in [-0.05, 0) is 17.9 Å². The Morgan fingerprint density at radius 2 is 1.88 bits per heavy atom. The molecule has 0 bridgehead atoms. The molecular formula is C16H10ClN5OS. The van der Waals surface area contributed by atoms with E-state index in [4.69, 9.17) is 11.6 Å². The Morgan fingerprint density at radius 3 is 2.46 bits per heavy atom. The summed E-state index contributed by atoms with van der Waals surface area (Å²) >= 11 is 7.56. The number of fused-ring (bicyclic) bond motifs is 1. The molecule has 3 aromatic rings. The Hall–Kier alpha value is -2.74. The summed E-state index contributed by atoms with van der Waals surface area (Å²) in [6, 6.07) is 13.0. The molecule has 0 N–H and O–H groups in total. The van der Waals surface area contributed by atoms with Crippen LogP contribution in [0.5, 0.6) is 0 Å². The van der Waals surface area contributed by atoms with Crippen LogP contribution < -0.4 is 5.56 Å². The van der Waals surface area contributed by atoms with E-state index in [9.17, 15) is 15.3 Å². The Morgan fingerprint density at radius 1 is 1.21 bits per heavy atom. The zero-order valence-corrected chi connectivity index (χ0v) is 14.1. The fraction of sp³-hybridized carbons (Fsp3) is 0.125. The Bertz CT molecular complexity index is 1070. The van der Waals surface area contributed by atoms with Gasteiger partial charge in [-0.2, -0.15) is 15.0 Å². The number of hydrogen-bond acceptors (Lipinski definition) is 5. The molecule has 0 radical (unpaired) electrons. The van der Waals surface area contributed by atoms with Crippen molar-refractivity contribution in [3.8, 4) is 17.8 Å². The first-order valence-corrected chi connectivity index (χ1v) is 8.36. The van der Waals surface area contributed by atoms with E-state index in [2.05, 4.69) is 5.10 Å². The molecule has 8 heteroatoms. The van der Waals surface area contributed by atoms with Crippen LogP contribution in [0, 0.1) is 22.7 Å². The molecule has 6 nitrogen and oxygen atoms in total. The topological polar surface area (TPSA) is 86.9 Å². The van der Waals surface area contributed by atoms with Crippen molar-refractivity contribution < 1.29 is 0 Å². The first-order valence-electron chi connectivity index (χ1n) is 6.99. The van der Waals surface area contributed by atoms with Crippen LogP contribution in [-0.4, -0.2) is 19.9 Å². The maximum atomic E-state index is 12.5. The number of para-hydroxylation sites is 1. The van der Waals surface area contributed by atoms with Crippen molar-refractivity contribution in [3.05, 3.63) is 56.8 Å². The van der Waals surface area contributed by atoms with Crippen molar-refractivity contribution in [1.29, 1.82) is 10.5 Å². The van der Waals surface area contributed by atoms with E-state index in [1.54, 1.807) is 10.6 Å². The number of nitriles is 2. The number of benzene rings is 1. The number of nitrogens with zero attached hydrogens (tertiary/aromatic N) is 5. The van der Waals surface area contributed by atoms with E-state index in [0.717, 1.165) is 16.0 Å². The van der Waals surface area contributed by atoms with Crippen LogP contribution in [0.4, 0.5) is 0 Å². The summed E-state index contributed by atoms with van der Waals surface area (Å²) < 4.78 is 2.79. The molecule has 118 valence electrons. The maximum Gasteiger partial charge on any atom is 0.292 e. The molecule has 0 spiro atoms. The van der Waals surface area contributed by atoms with E-state index >= 15 is 0 Å². The molecule has 0 aliphatic heterocycles. The van der Waals surface area contributed by atoms with E-state index < -0.39 is 5.56 Å². The minimum atomic E-state index is -0.635. The lowest BCUT2D eigenvalue weighted by molar-refractivity contribution is 0.835. The highest BCUT2D eigenvalue weighted by molar-refractivity contribution is 7.99. The summed E-state index contributed by atoms with van der Waals surface area (Å²) in [5.74, 6) is 0.728. The van der Waals surface area contributed by atoms with Gasteiger partial charge in [-0.1, -0.05) is 48.5 Å². The van der Waals surface area contributed by atoms with E-state index in [-0.39, 0.29) is 21.8 Å². The van der Waals surface area contributed by atoms with Crippen LogP contribution in [0.2, 0.25) is 5.02 Å². The molecule has 0 aliphatic rings. The van der Waals surface area contributed by atoms with E-state index in [1.165, 1.54) is 11.8 Å². The van der Waals surface area contributed by atoms with Gasteiger partial charge in [0.1, 0.15) is 23.3 Å². The lowest BCUT2D eigenvalue weighted by Crippen LogP contribution is -2.19. The van der Waals surface area contributed by atoms with Crippen molar-refractivity contribution in [1.82, 2.24) is 14.2 Å². The quantitative estimate of drug-likeness (QED) is 0.674. The summed E-state index contributed by atoms with van der Waals surface area (Å²) in [5, 5.41) is 23.4. The molecule has 0 saturated carbocycles. The third-order valence-electron chi connectivity index (χ3n) is 3.37. The van der Waals surface area contributed by atoms with Crippen molar-refractivity contribution in [2.75, 3.05) is 5.75 Å². The van der Waals surface area contributed by atoms with Gasteiger partial charge >= 0.3 is 0 Å². The van der Waals surface area contributed by atoms with Crippen molar-refractivity contribution in [2.45, 2.75) is 12.1 Å². The number of pyridine rings is 1. The monoisotopic (exact) mass is 355 g/mol. The highest BCUT2D eigenvalue weighted by Gasteiger charge is 2.23. The fourth-order valence-electron chi connectivity index (χ4n) is 2.37. The molecule has 0 amide bonds. The van der Waals surface area contributed by atoms with E-state index in [0.29, 0.717) is 5.16 Å². The average Bonchev–Trinajstić information content (AvgIpc) is 2.96. The Labute approximate surface area is 146 Å². The normalized spacial score (nSPS) is 10.5. The average molecular weight is 356 g/mol. The second-order valence-electron chi connectivity index (χ2n) is 4.71. The summed E-state index contributed by atoms with van der Waals surface area (Å²) in [7, 11) is 0.